The first-order chi connectivity index (χ1) is 10.8. The molecule has 0 saturated heterocycles. The molecule has 0 aliphatic heterocycles. The minimum absolute atomic E-state index is 0.0360. The number of hydrogen-bond donors (Lipinski definition) is 1. The molecule has 122 valence electrons. The fraction of sp³-hybridized carbons (Fsp3) is 0.188. The highest BCUT2D eigenvalue weighted by Crippen LogP contribution is 2.31. The third-order valence-corrected chi connectivity index (χ3v) is 3.32. The Morgan fingerprint density at radius 2 is 1.87 bits per heavy atom. The molecule has 23 heavy (non-hydrogen) atoms. The first-order valence-corrected chi connectivity index (χ1v) is 6.95. The molecule has 0 aliphatic rings. The number of amides is 1. The van der Waals surface area contributed by atoms with Gasteiger partial charge in [0.2, 0.25) is 0 Å². The number of rotatable bonds is 4. The predicted molar refractivity (Wildman–Crippen MR) is 81.3 cm³/mol. The summed E-state index contributed by atoms with van der Waals surface area (Å²) in [6.45, 7) is 0. The maximum absolute atomic E-state index is 12.7. The molecule has 0 radical (unpaired) electrons. The van der Waals surface area contributed by atoms with Gasteiger partial charge in [0.1, 0.15) is 0 Å². The molecule has 0 aromatic heterocycles. The van der Waals surface area contributed by atoms with Gasteiger partial charge in [-0.15, -0.1) is 0 Å². The van der Waals surface area contributed by atoms with Crippen molar-refractivity contribution in [1.82, 2.24) is 0 Å². The van der Waals surface area contributed by atoms with Crippen LogP contribution in [0, 0.1) is 0 Å². The van der Waals surface area contributed by atoms with E-state index in [1.165, 1.54) is 19.2 Å². The third-order valence-electron chi connectivity index (χ3n) is 3.08. The van der Waals surface area contributed by atoms with Gasteiger partial charge in [0.05, 0.1) is 5.56 Å². The Morgan fingerprint density at radius 1 is 1.17 bits per heavy atom. The lowest BCUT2D eigenvalue weighted by atomic mass is 10.1. The van der Waals surface area contributed by atoms with Gasteiger partial charge >= 0.3 is 6.18 Å². The quantitative estimate of drug-likeness (QED) is 0.875. The van der Waals surface area contributed by atoms with Crippen LogP contribution in [0.1, 0.15) is 17.2 Å². The molecule has 0 heterocycles. The van der Waals surface area contributed by atoms with Gasteiger partial charge in [-0.25, -0.2) is 0 Å². The van der Waals surface area contributed by atoms with Gasteiger partial charge in [-0.1, -0.05) is 29.8 Å². The highest BCUT2D eigenvalue weighted by Gasteiger charge is 2.30. The Balaban J connectivity index is 2.20. The molecule has 0 fully saturated rings. The van der Waals surface area contributed by atoms with E-state index in [2.05, 4.69) is 5.32 Å². The van der Waals surface area contributed by atoms with Gasteiger partial charge in [-0.2, -0.15) is 13.2 Å². The minimum atomic E-state index is -4.48. The van der Waals surface area contributed by atoms with Crippen molar-refractivity contribution in [2.45, 2.75) is 12.3 Å². The summed E-state index contributed by atoms with van der Waals surface area (Å²) >= 11 is 5.87. The van der Waals surface area contributed by atoms with Crippen LogP contribution in [0.4, 0.5) is 18.9 Å². The van der Waals surface area contributed by atoms with Gasteiger partial charge in [-0.3, -0.25) is 4.79 Å². The summed E-state index contributed by atoms with van der Waals surface area (Å²) in [6, 6.07) is 10.9. The number of halogens is 4. The maximum Gasteiger partial charge on any atom is 0.416 e. The lowest BCUT2D eigenvalue weighted by Gasteiger charge is -2.16. The number of carbonyl (C=O) groups excluding carboxylic acids is 1. The van der Waals surface area contributed by atoms with E-state index in [4.69, 9.17) is 16.3 Å². The van der Waals surface area contributed by atoms with Crippen LogP contribution >= 0.6 is 11.6 Å². The van der Waals surface area contributed by atoms with Gasteiger partial charge in [-0.05, 0) is 35.9 Å². The molecule has 2 rings (SSSR count). The lowest BCUT2D eigenvalue weighted by molar-refractivity contribution is -0.137. The van der Waals surface area contributed by atoms with Gasteiger partial charge < -0.3 is 10.1 Å². The molecule has 0 aliphatic carbocycles. The van der Waals surface area contributed by atoms with Crippen molar-refractivity contribution in [1.29, 1.82) is 0 Å². The Hall–Kier alpha value is -2.05. The van der Waals surface area contributed by atoms with E-state index in [0.717, 1.165) is 12.1 Å². The van der Waals surface area contributed by atoms with E-state index in [1.807, 2.05) is 0 Å². The third kappa shape index (κ3) is 4.46. The second-order valence-electron chi connectivity index (χ2n) is 4.74. The van der Waals surface area contributed by atoms with E-state index >= 15 is 0 Å². The number of nitrogens with one attached hydrogen (secondary N) is 1. The van der Waals surface area contributed by atoms with E-state index in [0.29, 0.717) is 10.6 Å². The topological polar surface area (TPSA) is 38.3 Å². The number of anilines is 1. The average Bonchev–Trinajstić information content (AvgIpc) is 2.47. The van der Waals surface area contributed by atoms with Crippen LogP contribution in [0.2, 0.25) is 5.02 Å². The Labute approximate surface area is 136 Å². The highest BCUT2D eigenvalue weighted by molar-refractivity contribution is 6.30. The molecule has 0 spiro atoms. The fourth-order valence-corrected chi connectivity index (χ4v) is 2.24. The highest BCUT2D eigenvalue weighted by atomic mass is 35.5. The molecule has 2 aromatic rings. The molecular formula is C16H13ClF3NO2. The van der Waals surface area contributed by atoms with E-state index < -0.39 is 23.8 Å². The number of methoxy groups -OCH3 is 1. The van der Waals surface area contributed by atoms with Crippen LogP contribution in [0.15, 0.2) is 48.5 Å². The van der Waals surface area contributed by atoms with Crippen molar-refractivity contribution >= 4 is 23.2 Å². The molecule has 0 saturated carbocycles. The molecule has 1 amide bonds. The van der Waals surface area contributed by atoms with E-state index in [-0.39, 0.29) is 5.69 Å². The summed E-state index contributed by atoms with van der Waals surface area (Å²) in [5, 5.41) is 2.84. The molecule has 2 aromatic carbocycles. The van der Waals surface area contributed by atoms with Gasteiger partial charge in [0, 0.05) is 17.8 Å². The standard InChI is InChI=1S/C16H13ClF3NO2/c1-23-14(10-4-2-6-12(17)8-10)15(22)21-13-7-3-5-11(9-13)16(18,19)20/h2-9,14H,1H3,(H,21,22). The van der Waals surface area contributed by atoms with E-state index in [9.17, 15) is 18.0 Å². The monoisotopic (exact) mass is 343 g/mol. The van der Waals surface area contributed by atoms with Crippen molar-refractivity contribution < 1.29 is 22.7 Å². The first kappa shape index (κ1) is 17.3. The number of alkyl halides is 3. The Morgan fingerprint density at radius 3 is 2.48 bits per heavy atom. The van der Waals surface area contributed by atoms with Crippen LogP contribution in [-0.4, -0.2) is 13.0 Å². The van der Waals surface area contributed by atoms with Crippen molar-refractivity contribution in [3.63, 3.8) is 0 Å². The summed E-state index contributed by atoms with van der Waals surface area (Å²) in [7, 11) is 1.33. The lowest BCUT2D eigenvalue weighted by Crippen LogP contribution is -2.22. The zero-order valence-electron chi connectivity index (χ0n) is 12.0. The number of benzene rings is 2. The smallest absolute Gasteiger partial charge is 0.367 e. The summed E-state index contributed by atoms with van der Waals surface area (Å²) in [5.74, 6) is -0.589. The normalized spacial score (nSPS) is 12.7. The van der Waals surface area contributed by atoms with Crippen molar-refractivity contribution in [2.24, 2.45) is 0 Å². The molecule has 1 atom stereocenters. The molecule has 0 bridgehead atoms. The summed E-state index contributed by atoms with van der Waals surface area (Å²) in [6.07, 6.45) is -5.46. The molecule has 3 nitrogen and oxygen atoms in total. The SMILES string of the molecule is COC(C(=O)Nc1cccc(C(F)(F)F)c1)c1cccc(Cl)c1. The van der Waals surface area contributed by atoms with Crippen LogP contribution in [-0.2, 0) is 15.7 Å². The van der Waals surface area contributed by atoms with Gasteiger partial charge in [0.25, 0.3) is 5.91 Å². The molecular weight excluding hydrogens is 331 g/mol. The largest absolute Gasteiger partial charge is 0.416 e. The maximum atomic E-state index is 12.7. The summed E-state index contributed by atoms with van der Waals surface area (Å²) < 4.78 is 43.2. The fourth-order valence-electron chi connectivity index (χ4n) is 2.05. The first-order valence-electron chi connectivity index (χ1n) is 6.57. The minimum Gasteiger partial charge on any atom is -0.367 e. The number of hydrogen-bond acceptors (Lipinski definition) is 2. The summed E-state index contributed by atoms with van der Waals surface area (Å²) in [5.41, 5.74) is -0.301. The van der Waals surface area contributed by atoms with Crippen LogP contribution in [0.5, 0.6) is 0 Å². The molecule has 7 heteroatoms. The Bertz CT molecular complexity index is 704. The number of ether oxygens (including phenoxy) is 1. The second kappa shape index (κ2) is 7.02. The predicted octanol–water partition coefficient (Wildman–Crippen LogP) is 4.69. The number of carbonyl (C=O) groups is 1. The average molecular weight is 344 g/mol. The van der Waals surface area contributed by atoms with Crippen molar-refractivity contribution in [2.75, 3.05) is 12.4 Å². The second-order valence-corrected chi connectivity index (χ2v) is 5.17. The zero-order valence-corrected chi connectivity index (χ0v) is 12.8. The molecule has 1 N–H and O–H groups in total. The summed E-state index contributed by atoms with van der Waals surface area (Å²) in [4.78, 5) is 12.3. The molecule has 1 unspecified atom stereocenters. The van der Waals surface area contributed by atoms with Crippen molar-refractivity contribution in [3.8, 4) is 0 Å². The van der Waals surface area contributed by atoms with Crippen LogP contribution < -0.4 is 5.32 Å². The zero-order chi connectivity index (χ0) is 17.0. The Kier molecular flexibility index (Phi) is 5.28. The van der Waals surface area contributed by atoms with Crippen LogP contribution in [0.25, 0.3) is 0 Å². The van der Waals surface area contributed by atoms with E-state index in [1.54, 1.807) is 24.3 Å². The van der Waals surface area contributed by atoms with Crippen molar-refractivity contribution in [3.05, 3.63) is 64.7 Å². The van der Waals surface area contributed by atoms with Gasteiger partial charge in [0.15, 0.2) is 6.10 Å². The van der Waals surface area contributed by atoms with Crippen LogP contribution in [0.3, 0.4) is 0 Å².